The number of nitrogens with one attached hydrogen (secondary N) is 3. The minimum atomic E-state index is -0.264. The summed E-state index contributed by atoms with van der Waals surface area (Å²) in [5.41, 5.74) is 1.14. The van der Waals surface area contributed by atoms with Crippen molar-refractivity contribution in [2.45, 2.75) is 45.2 Å². The Hall–Kier alpha value is -2.19. The third kappa shape index (κ3) is 4.67. The Morgan fingerprint density at radius 2 is 2.32 bits per heavy atom. The molecule has 1 fully saturated rings. The summed E-state index contributed by atoms with van der Waals surface area (Å²) >= 11 is 1.31. The topological polar surface area (TPSA) is 96.3 Å². The molecule has 2 unspecified atom stereocenters. The number of aryl methyl sites for hydroxylation is 1. The van der Waals surface area contributed by atoms with Crippen LogP contribution < -0.4 is 16.0 Å². The minimum Gasteiger partial charge on any atom is -0.469 e. The number of hydrogen-bond donors (Lipinski definition) is 3. The zero-order valence-electron chi connectivity index (χ0n) is 14.3. The van der Waals surface area contributed by atoms with Crippen molar-refractivity contribution >= 4 is 28.3 Å². The van der Waals surface area contributed by atoms with Crippen LogP contribution in [0.4, 0.5) is 5.13 Å². The summed E-state index contributed by atoms with van der Waals surface area (Å²) in [5, 5.41) is 11.4. The van der Waals surface area contributed by atoms with Crippen molar-refractivity contribution in [2.24, 2.45) is 0 Å². The molecule has 8 heteroatoms. The number of piperidine rings is 1. The van der Waals surface area contributed by atoms with Gasteiger partial charge in [-0.05, 0) is 39.3 Å². The van der Waals surface area contributed by atoms with Crippen molar-refractivity contribution in [1.82, 2.24) is 15.6 Å². The summed E-state index contributed by atoms with van der Waals surface area (Å²) in [4.78, 5) is 28.6. The van der Waals surface area contributed by atoms with Gasteiger partial charge in [-0.2, -0.15) is 0 Å². The van der Waals surface area contributed by atoms with Gasteiger partial charge >= 0.3 is 0 Å². The molecule has 3 N–H and O–H groups in total. The summed E-state index contributed by atoms with van der Waals surface area (Å²) in [6, 6.07) is 2.25. The number of aromatic nitrogens is 1. The van der Waals surface area contributed by atoms with Crippen molar-refractivity contribution < 1.29 is 14.0 Å². The van der Waals surface area contributed by atoms with E-state index in [9.17, 15) is 9.59 Å². The number of carbonyl (C=O) groups excluding carboxylic acids is 2. The largest absolute Gasteiger partial charge is 0.469 e. The average molecular weight is 362 g/mol. The smallest absolute Gasteiger partial charge is 0.260 e. The predicted octanol–water partition coefficient (Wildman–Crippen LogP) is 2.10. The van der Waals surface area contributed by atoms with Crippen LogP contribution in [0.5, 0.6) is 0 Å². The number of thiazole rings is 1. The molecule has 1 saturated heterocycles. The van der Waals surface area contributed by atoms with Crippen LogP contribution in [-0.4, -0.2) is 35.4 Å². The molecule has 3 rings (SSSR count). The van der Waals surface area contributed by atoms with E-state index in [-0.39, 0.29) is 24.3 Å². The first kappa shape index (κ1) is 17.6. The third-order valence-corrected chi connectivity index (χ3v) is 5.01. The van der Waals surface area contributed by atoms with E-state index in [2.05, 4.69) is 27.9 Å². The quantitative estimate of drug-likeness (QED) is 0.757. The summed E-state index contributed by atoms with van der Waals surface area (Å²) in [6.45, 7) is 4.77. The molecule has 0 aromatic carbocycles. The number of nitrogens with zero attached hydrogens (tertiary/aromatic N) is 1. The Labute approximate surface area is 150 Å². The predicted molar refractivity (Wildman–Crippen MR) is 95.8 cm³/mol. The molecule has 1 aliphatic heterocycles. The maximum atomic E-state index is 12.2. The normalized spacial score (nSPS) is 20.2. The number of rotatable bonds is 5. The van der Waals surface area contributed by atoms with Gasteiger partial charge in [0.25, 0.3) is 5.91 Å². The SMILES string of the molecule is Cc1occc1C(=O)Nc1nc(CC(=O)NC2CCNC(C)C2)cs1. The molecule has 7 nitrogen and oxygen atoms in total. The molecule has 2 amide bonds. The van der Waals surface area contributed by atoms with Gasteiger partial charge < -0.3 is 15.1 Å². The zero-order chi connectivity index (χ0) is 17.8. The van der Waals surface area contributed by atoms with Gasteiger partial charge in [-0.3, -0.25) is 14.9 Å². The van der Waals surface area contributed by atoms with E-state index < -0.39 is 0 Å². The lowest BCUT2D eigenvalue weighted by molar-refractivity contribution is -0.121. The van der Waals surface area contributed by atoms with Crippen LogP contribution in [-0.2, 0) is 11.2 Å². The molecule has 0 spiro atoms. The van der Waals surface area contributed by atoms with Gasteiger partial charge in [0.2, 0.25) is 5.91 Å². The average Bonchev–Trinajstić information content (AvgIpc) is 3.16. The highest BCUT2D eigenvalue weighted by atomic mass is 32.1. The van der Waals surface area contributed by atoms with Crippen molar-refractivity contribution in [1.29, 1.82) is 0 Å². The molecule has 134 valence electrons. The van der Waals surface area contributed by atoms with Crippen molar-refractivity contribution in [2.75, 3.05) is 11.9 Å². The first-order chi connectivity index (χ1) is 12.0. The van der Waals surface area contributed by atoms with E-state index in [1.165, 1.54) is 17.6 Å². The second kappa shape index (κ2) is 7.79. The van der Waals surface area contributed by atoms with E-state index in [0.717, 1.165) is 19.4 Å². The van der Waals surface area contributed by atoms with Crippen LogP contribution in [0.15, 0.2) is 22.1 Å². The molecular weight excluding hydrogens is 340 g/mol. The fraction of sp³-hybridized carbons (Fsp3) is 0.471. The highest BCUT2D eigenvalue weighted by Crippen LogP contribution is 2.18. The van der Waals surface area contributed by atoms with Crippen molar-refractivity contribution in [3.8, 4) is 0 Å². The Balaban J connectivity index is 1.52. The molecule has 0 radical (unpaired) electrons. The Kier molecular flexibility index (Phi) is 5.50. The first-order valence-corrected chi connectivity index (χ1v) is 9.22. The van der Waals surface area contributed by atoms with E-state index >= 15 is 0 Å². The molecule has 1 aliphatic rings. The van der Waals surface area contributed by atoms with Gasteiger partial charge in [0.15, 0.2) is 5.13 Å². The molecule has 0 aliphatic carbocycles. The fourth-order valence-corrected chi connectivity index (χ4v) is 3.64. The number of anilines is 1. The Morgan fingerprint density at radius 3 is 3.04 bits per heavy atom. The number of hydrogen-bond acceptors (Lipinski definition) is 6. The Morgan fingerprint density at radius 1 is 1.48 bits per heavy atom. The highest BCUT2D eigenvalue weighted by molar-refractivity contribution is 7.14. The van der Waals surface area contributed by atoms with Crippen LogP contribution >= 0.6 is 11.3 Å². The molecule has 2 atom stereocenters. The molecular formula is C17H22N4O3S. The van der Waals surface area contributed by atoms with Gasteiger partial charge in [0, 0.05) is 17.5 Å². The summed E-state index contributed by atoms with van der Waals surface area (Å²) in [6.07, 6.45) is 3.57. The number of furan rings is 1. The van der Waals surface area contributed by atoms with E-state index in [1.807, 2.05) is 0 Å². The lowest BCUT2D eigenvalue weighted by Crippen LogP contribution is -2.46. The monoisotopic (exact) mass is 362 g/mol. The minimum absolute atomic E-state index is 0.0343. The maximum absolute atomic E-state index is 12.2. The van der Waals surface area contributed by atoms with Crippen molar-refractivity contribution in [3.63, 3.8) is 0 Å². The van der Waals surface area contributed by atoms with Crippen LogP contribution in [0.3, 0.4) is 0 Å². The maximum Gasteiger partial charge on any atom is 0.260 e. The molecule has 0 bridgehead atoms. The summed E-state index contributed by atoms with van der Waals surface area (Å²) in [5.74, 6) is 0.262. The lowest BCUT2D eigenvalue weighted by atomic mass is 10.0. The van der Waals surface area contributed by atoms with E-state index in [0.29, 0.717) is 28.2 Å². The molecule has 25 heavy (non-hydrogen) atoms. The first-order valence-electron chi connectivity index (χ1n) is 8.34. The number of amides is 2. The molecule has 2 aromatic heterocycles. The summed E-state index contributed by atoms with van der Waals surface area (Å²) in [7, 11) is 0. The Bertz CT molecular complexity index is 755. The van der Waals surface area contributed by atoms with E-state index in [1.54, 1.807) is 18.4 Å². The molecule has 3 heterocycles. The number of carbonyl (C=O) groups is 2. The lowest BCUT2D eigenvalue weighted by Gasteiger charge is -2.28. The van der Waals surface area contributed by atoms with Crippen molar-refractivity contribution in [3.05, 3.63) is 34.7 Å². The third-order valence-electron chi connectivity index (χ3n) is 4.21. The summed E-state index contributed by atoms with van der Waals surface area (Å²) < 4.78 is 5.13. The van der Waals surface area contributed by atoms with Gasteiger partial charge in [-0.25, -0.2) is 4.98 Å². The highest BCUT2D eigenvalue weighted by Gasteiger charge is 2.20. The van der Waals surface area contributed by atoms with Gasteiger partial charge in [0.05, 0.1) is 23.9 Å². The molecule has 2 aromatic rings. The van der Waals surface area contributed by atoms with Crippen LogP contribution in [0, 0.1) is 6.92 Å². The second-order valence-electron chi connectivity index (χ2n) is 6.31. The van der Waals surface area contributed by atoms with Gasteiger partial charge in [-0.15, -0.1) is 11.3 Å². The zero-order valence-corrected chi connectivity index (χ0v) is 15.1. The van der Waals surface area contributed by atoms with Gasteiger partial charge in [-0.1, -0.05) is 0 Å². The van der Waals surface area contributed by atoms with Crippen LogP contribution in [0.25, 0.3) is 0 Å². The van der Waals surface area contributed by atoms with Gasteiger partial charge in [0.1, 0.15) is 5.76 Å². The van der Waals surface area contributed by atoms with Crippen LogP contribution in [0.2, 0.25) is 0 Å². The second-order valence-corrected chi connectivity index (χ2v) is 7.17. The van der Waals surface area contributed by atoms with E-state index in [4.69, 9.17) is 4.42 Å². The standard InChI is InChI=1S/C17H22N4O3S/c1-10-7-12(3-5-18-10)19-15(22)8-13-9-25-17(20-13)21-16(23)14-4-6-24-11(14)2/h4,6,9-10,12,18H,3,5,7-8H2,1-2H3,(H,19,22)(H,20,21,23). The molecule has 0 saturated carbocycles. The fourth-order valence-electron chi connectivity index (χ4n) is 2.94. The van der Waals surface area contributed by atoms with Crippen LogP contribution in [0.1, 0.15) is 41.6 Å².